The molecule has 2 aromatic heterocycles. The summed E-state index contributed by atoms with van der Waals surface area (Å²) in [7, 11) is -2.50. The smallest absolute Gasteiger partial charge is 0.245 e. The van der Waals surface area contributed by atoms with E-state index in [1.54, 1.807) is 55.6 Å². The lowest BCUT2D eigenvalue weighted by molar-refractivity contribution is -0.126. The topological polar surface area (TPSA) is 137 Å². The van der Waals surface area contributed by atoms with Crippen molar-refractivity contribution in [1.82, 2.24) is 20.6 Å². The highest BCUT2D eigenvalue weighted by Crippen LogP contribution is 2.34. The van der Waals surface area contributed by atoms with Crippen molar-refractivity contribution in [3.05, 3.63) is 71.7 Å². The number of carbonyl (C=O) groups is 2. The fourth-order valence-corrected chi connectivity index (χ4v) is 7.31. The van der Waals surface area contributed by atoms with Crippen molar-refractivity contribution >= 4 is 43.2 Å². The highest BCUT2D eigenvalue weighted by atomic mass is 32.2. The van der Waals surface area contributed by atoms with Crippen LogP contribution >= 0.6 is 11.3 Å². The van der Waals surface area contributed by atoms with Crippen LogP contribution < -0.4 is 20.1 Å². The number of sulfone groups is 1. The van der Waals surface area contributed by atoms with Gasteiger partial charge in [-0.15, -0.1) is 11.3 Å². The summed E-state index contributed by atoms with van der Waals surface area (Å²) in [5.74, 6) is -0.905. The van der Waals surface area contributed by atoms with Gasteiger partial charge in [0.15, 0.2) is 15.1 Å². The van der Waals surface area contributed by atoms with Crippen molar-refractivity contribution < 1.29 is 31.9 Å². The van der Waals surface area contributed by atoms with E-state index in [1.807, 2.05) is 0 Å². The van der Waals surface area contributed by atoms with E-state index in [0.29, 0.717) is 27.3 Å². The molecular weight excluding hydrogens is 583 g/mol. The number of nitrogens with zero attached hydrogens (tertiary/aromatic N) is 2. The van der Waals surface area contributed by atoms with Crippen molar-refractivity contribution in [2.75, 3.05) is 26.0 Å². The molecule has 1 saturated carbocycles. The minimum atomic E-state index is -4.06. The van der Waals surface area contributed by atoms with Crippen molar-refractivity contribution in [1.29, 1.82) is 0 Å². The van der Waals surface area contributed by atoms with Crippen LogP contribution in [0.5, 0.6) is 11.5 Å². The first-order valence-corrected chi connectivity index (χ1v) is 15.8. The molecule has 4 aromatic rings. The van der Waals surface area contributed by atoms with Crippen LogP contribution in [0.2, 0.25) is 0 Å². The number of nitrogens with one attached hydrogen (secondary N) is 2. The number of hydrogen-bond donors (Lipinski definition) is 2. The van der Waals surface area contributed by atoms with Gasteiger partial charge in [-0.05, 0) is 73.4 Å². The van der Waals surface area contributed by atoms with Crippen LogP contribution in [0.1, 0.15) is 29.5 Å². The molecule has 0 aliphatic heterocycles. The van der Waals surface area contributed by atoms with E-state index < -0.39 is 26.9 Å². The van der Waals surface area contributed by atoms with Crippen LogP contribution in [0.3, 0.4) is 0 Å². The van der Waals surface area contributed by atoms with Crippen molar-refractivity contribution in [3.8, 4) is 22.6 Å². The zero-order valence-electron chi connectivity index (χ0n) is 22.7. The van der Waals surface area contributed by atoms with Gasteiger partial charge < -0.3 is 20.1 Å². The molecule has 13 heteroatoms. The molecule has 0 saturated heterocycles. The van der Waals surface area contributed by atoms with Gasteiger partial charge in [-0.1, -0.05) is 6.07 Å². The lowest BCUT2D eigenvalue weighted by Gasteiger charge is -2.16. The summed E-state index contributed by atoms with van der Waals surface area (Å²) in [5, 5.41) is 3.74. The first kappa shape index (κ1) is 29.4. The number of amides is 2. The lowest BCUT2D eigenvalue weighted by Crippen LogP contribution is -2.41. The largest absolute Gasteiger partial charge is 0.497 e. The molecule has 2 heterocycles. The molecule has 10 nitrogen and oxygen atoms in total. The number of rotatable bonds is 13. The van der Waals surface area contributed by atoms with Crippen LogP contribution in [-0.4, -0.2) is 62.3 Å². The van der Waals surface area contributed by atoms with Crippen LogP contribution in [0.15, 0.2) is 60.8 Å². The summed E-state index contributed by atoms with van der Waals surface area (Å²) >= 11 is 1.08. The number of methoxy groups -OCH3 is 1. The Morgan fingerprint density at radius 3 is 2.50 bits per heavy atom. The van der Waals surface area contributed by atoms with Gasteiger partial charge in [0.2, 0.25) is 17.8 Å². The molecule has 1 aliphatic rings. The molecule has 1 unspecified atom stereocenters. The Morgan fingerprint density at radius 1 is 1.07 bits per heavy atom. The van der Waals surface area contributed by atoms with Gasteiger partial charge in [0.25, 0.3) is 0 Å². The van der Waals surface area contributed by atoms with E-state index in [2.05, 4.69) is 20.6 Å². The summed E-state index contributed by atoms with van der Waals surface area (Å²) in [6.07, 6.45) is 3.31. The Labute approximate surface area is 246 Å². The minimum Gasteiger partial charge on any atom is -0.497 e. The van der Waals surface area contributed by atoms with Gasteiger partial charge in [-0.25, -0.2) is 18.4 Å². The summed E-state index contributed by atoms with van der Waals surface area (Å²) in [6.45, 7) is -0.229. The molecule has 0 radical (unpaired) electrons. The molecule has 0 bridgehead atoms. The first-order chi connectivity index (χ1) is 20.2. The molecule has 1 fully saturated rings. The van der Waals surface area contributed by atoms with Gasteiger partial charge in [0.1, 0.15) is 16.5 Å². The Hall–Kier alpha value is -4.10. The summed E-state index contributed by atoms with van der Waals surface area (Å²) < 4.78 is 51.9. The molecule has 220 valence electrons. The fourth-order valence-electron chi connectivity index (χ4n) is 4.22. The maximum absolute atomic E-state index is 13.6. The zero-order chi connectivity index (χ0) is 29.7. The van der Waals surface area contributed by atoms with E-state index in [9.17, 15) is 22.4 Å². The third-order valence-electron chi connectivity index (χ3n) is 6.55. The van der Waals surface area contributed by atoms with Crippen LogP contribution in [0, 0.1) is 5.95 Å². The number of thiazole rings is 1. The second kappa shape index (κ2) is 12.8. The Balaban J connectivity index is 1.34. The molecule has 42 heavy (non-hydrogen) atoms. The van der Waals surface area contributed by atoms with Gasteiger partial charge in [-0.3, -0.25) is 9.59 Å². The number of benzene rings is 2. The number of ether oxygens (including phenoxy) is 2. The fraction of sp³-hybridized carbons (Fsp3) is 0.310. The Morgan fingerprint density at radius 2 is 1.81 bits per heavy atom. The monoisotopic (exact) mass is 612 g/mol. The number of pyridine rings is 1. The predicted octanol–water partition coefficient (Wildman–Crippen LogP) is 3.83. The van der Waals surface area contributed by atoms with Crippen molar-refractivity contribution in [3.63, 3.8) is 0 Å². The highest BCUT2D eigenvalue weighted by Gasteiger charge is 2.37. The maximum Gasteiger partial charge on any atom is 0.245 e. The molecule has 0 spiro atoms. The van der Waals surface area contributed by atoms with Crippen molar-refractivity contribution in [2.45, 2.75) is 30.6 Å². The quantitative estimate of drug-likeness (QED) is 0.172. The van der Waals surface area contributed by atoms with E-state index >= 15 is 0 Å². The maximum atomic E-state index is 13.6. The van der Waals surface area contributed by atoms with Gasteiger partial charge in [-0.2, -0.15) is 4.39 Å². The summed E-state index contributed by atoms with van der Waals surface area (Å²) in [5.41, 5.74) is 1.92. The second-order valence-electron chi connectivity index (χ2n) is 9.79. The predicted molar refractivity (Wildman–Crippen MR) is 157 cm³/mol. The van der Waals surface area contributed by atoms with Crippen LogP contribution in [0.4, 0.5) is 4.39 Å². The molecule has 2 N–H and O–H groups in total. The molecular formula is C29H29FN4O6S2. The van der Waals surface area contributed by atoms with E-state index in [-0.39, 0.29) is 42.3 Å². The number of halogens is 1. The van der Waals surface area contributed by atoms with E-state index in [0.717, 1.165) is 29.7 Å². The molecule has 2 aromatic carbocycles. The normalized spacial score (nSPS) is 13.9. The third-order valence-corrected chi connectivity index (χ3v) is 9.80. The van der Waals surface area contributed by atoms with Crippen LogP contribution in [0.25, 0.3) is 21.3 Å². The Kier molecular flexibility index (Phi) is 8.97. The van der Waals surface area contributed by atoms with Gasteiger partial charge in [0.05, 0.1) is 36.2 Å². The minimum absolute atomic E-state index is 0.0931. The molecule has 1 aliphatic carbocycles. The second-order valence-corrected chi connectivity index (χ2v) is 13.1. The first-order valence-electron chi connectivity index (χ1n) is 13.3. The number of aromatic nitrogens is 2. The number of hydrogen-bond acceptors (Lipinski definition) is 9. The van der Waals surface area contributed by atoms with Crippen molar-refractivity contribution in [2.24, 2.45) is 0 Å². The summed E-state index contributed by atoms with van der Waals surface area (Å²) in [6, 6.07) is 15.1. The van der Waals surface area contributed by atoms with E-state index in [1.165, 1.54) is 12.3 Å². The number of carbonyl (C=O) groups excluding carboxylic acids is 2. The average Bonchev–Trinajstić information content (AvgIpc) is 3.70. The Bertz CT molecular complexity index is 1670. The highest BCUT2D eigenvalue weighted by molar-refractivity contribution is 7.92. The van der Waals surface area contributed by atoms with Gasteiger partial charge in [0, 0.05) is 17.8 Å². The molecule has 1 atom stereocenters. The zero-order valence-corrected chi connectivity index (χ0v) is 24.3. The third kappa shape index (κ3) is 7.39. The molecule has 2 amide bonds. The van der Waals surface area contributed by atoms with E-state index in [4.69, 9.17) is 9.47 Å². The van der Waals surface area contributed by atoms with Gasteiger partial charge >= 0.3 is 0 Å². The number of fused-ring (bicyclic) bond motifs is 1. The SMILES string of the molecule is COc1ccc(OCCCS(=O)(=O)C(C(=O)NCC(=O)NC2CC2)c2nc3ccc(-c4ccc(F)nc4)cc3s2)cc1. The average molecular weight is 613 g/mol. The molecule has 5 rings (SSSR count). The van der Waals surface area contributed by atoms with Crippen LogP contribution in [-0.2, 0) is 19.4 Å². The standard InChI is InChI=1S/C29H29FN4O6S2/c1-39-21-7-9-22(10-8-21)40-13-2-14-42(37,38)27(28(36)32-17-26(35)33-20-5-6-20)29-34-23-11-3-18(15-24(23)41-29)19-4-12-25(30)31-16-19/h3-4,7-12,15-16,20,27H,2,5-6,13-14,17H2,1H3,(H,32,36)(H,33,35). The lowest BCUT2D eigenvalue weighted by atomic mass is 10.1. The summed E-state index contributed by atoms with van der Waals surface area (Å²) in [4.78, 5) is 33.7.